The van der Waals surface area contributed by atoms with E-state index >= 15 is 0 Å². The van der Waals surface area contributed by atoms with Crippen LogP contribution in [-0.2, 0) is 10.0 Å². The number of halogens is 3. The van der Waals surface area contributed by atoms with E-state index < -0.39 is 22.1 Å². The van der Waals surface area contributed by atoms with Gasteiger partial charge in [0.15, 0.2) is 0 Å². The van der Waals surface area contributed by atoms with E-state index in [1.165, 1.54) is 0 Å². The molecule has 0 saturated heterocycles. The third kappa shape index (κ3) is 4.89. The molecule has 7 nitrogen and oxygen atoms in total. The largest absolute Gasteiger partial charge is 0.573 e. The third-order valence-electron chi connectivity index (χ3n) is 4.40. The summed E-state index contributed by atoms with van der Waals surface area (Å²) in [7, 11) is -4.04. The molecule has 0 saturated carbocycles. The van der Waals surface area contributed by atoms with Gasteiger partial charge in [-0.1, -0.05) is 12.1 Å². The van der Waals surface area contributed by atoms with Gasteiger partial charge in [-0.25, -0.2) is 8.42 Å². The number of benzene rings is 2. The second-order valence-corrected chi connectivity index (χ2v) is 8.28. The number of alkyl halides is 3. The average molecular weight is 460 g/mol. The summed E-state index contributed by atoms with van der Waals surface area (Å²) in [5, 5.41) is 7.00. The van der Waals surface area contributed by atoms with E-state index in [9.17, 15) is 21.6 Å². The van der Waals surface area contributed by atoms with Crippen molar-refractivity contribution in [3.05, 3.63) is 79.3 Å². The third-order valence-corrected chi connectivity index (χ3v) is 5.80. The molecule has 0 atom stereocenters. The molecule has 2 aromatic carbocycles. The molecule has 32 heavy (non-hydrogen) atoms. The summed E-state index contributed by atoms with van der Waals surface area (Å²) < 4.78 is 68.4. The minimum Gasteiger partial charge on any atom is -0.406 e. The number of hydrogen-bond donors (Lipinski definition) is 2. The van der Waals surface area contributed by atoms with E-state index in [0.29, 0.717) is 11.3 Å². The molecule has 0 spiro atoms. The van der Waals surface area contributed by atoms with Crippen LogP contribution in [0.15, 0.2) is 84.1 Å². The predicted molar refractivity (Wildman–Crippen MR) is 111 cm³/mol. The first-order chi connectivity index (χ1) is 15.2. The summed E-state index contributed by atoms with van der Waals surface area (Å²) in [6.07, 6.45) is 0.107. The van der Waals surface area contributed by atoms with Crippen LogP contribution >= 0.6 is 0 Å². The minimum atomic E-state index is -4.86. The molecular weight excluding hydrogens is 445 g/mol. The highest BCUT2D eigenvalue weighted by Crippen LogP contribution is 2.31. The van der Waals surface area contributed by atoms with E-state index in [1.54, 1.807) is 42.9 Å². The Hall–Kier alpha value is -3.86. The van der Waals surface area contributed by atoms with Crippen molar-refractivity contribution in [1.82, 2.24) is 15.2 Å². The smallest absolute Gasteiger partial charge is 0.406 e. The van der Waals surface area contributed by atoms with Crippen LogP contribution in [0.25, 0.3) is 22.4 Å². The Bertz CT molecular complexity index is 1320. The van der Waals surface area contributed by atoms with Crippen LogP contribution < -0.4 is 9.46 Å². The lowest BCUT2D eigenvalue weighted by molar-refractivity contribution is -0.274. The van der Waals surface area contributed by atoms with E-state index in [4.69, 9.17) is 0 Å². The van der Waals surface area contributed by atoms with Gasteiger partial charge in [0, 0.05) is 29.2 Å². The van der Waals surface area contributed by atoms with E-state index in [1.807, 2.05) is 12.1 Å². The molecule has 164 valence electrons. The number of aromatic amines is 1. The van der Waals surface area contributed by atoms with Crippen LogP contribution in [0.1, 0.15) is 0 Å². The molecule has 0 amide bonds. The molecule has 0 bridgehead atoms. The van der Waals surface area contributed by atoms with Crippen molar-refractivity contribution in [2.75, 3.05) is 4.72 Å². The molecule has 0 aliphatic carbocycles. The highest BCUT2D eigenvalue weighted by atomic mass is 32.2. The maximum Gasteiger partial charge on any atom is 0.573 e. The van der Waals surface area contributed by atoms with Gasteiger partial charge in [-0.3, -0.25) is 14.8 Å². The zero-order valence-corrected chi connectivity index (χ0v) is 17.0. The van der Waals surface area contributed by atoms with Gasteiger partial charge in [0.25, 0.3) is 10.0 Å². The van der Waals surface area contributed by atoms with Crippen LogP contribution in [0.5, 0.6) is 5.75 Å². The van der Waals surface area contributed by atoms with Crippen molar-refractivity contribution in [1.29, 1.82) is 0 Å². The Morgan fingerprint density at radius 1 is 0.938 bits per heavy atom. The van der Waals surface area contributed by atoms with Gasteiger partial charge in [-0.05, 0) is 54.1 Å². The SMILES string of the molecule is O=S(=O)(Nc1cccc(-c2[nH]ncc2-c2ccncc2)c1)c1ccc(OC(F)(F)F)cc1. The summed E-state index contributed by atoms with van der Waals surface area (Å²) in [4.78, 5) is 3.78. The predicted octanol–water partition coefficient (Wildman–Crippen LogP) is 4.84. The van der Waals surface area contributed by atoms with Crippen molar-refractivity contribution in [3.8, 4) is 28.1 Å². The fourth-order valence-corrected chi connectivity index (χ4v) is 4.08. The summed E-state index contributed by atoms with van der Waals surface area (Å²) in [5.41, 5.74) is 3.34. The first-order valence-corrected chi connectivity index (χ1v) is 10.6. The highest BCUT2D eigenvalue weighted by Gasteiger charge is 2.31. The minimum absolute atomic E-state index is 0.212. The van der Waals surface area contributed by atoms with Crippen LogP contribution in [0.4, 0.5) is 18.9 Å². The van der Waals surface area contributed by atoms with Crippen molar-refractivity contribution < 1.29 is 26.3 Å². The van der Waals surface area contributed by atoms with Gasteiger partial charge in [0.05, 0.1) is 16.8 Å². The van der Waals surface area contributed by atoms with Crippen LogP contribution in [-0.4, -0.2) is 30.0 Å². The quantitative estimate of drug-likeness (QED) is 0.429. The molecule has 2 heterocycles. The molecular formula is C21H15F3N4O3S. The van der Waals surface area contributed by atoms with Crippen LogP contribution in [0.2, 0.25) is 0 Å². The maximum absolute atomic E-state index is 12.7. The van der Waals surface area contributed by atoms with Gasteiger partial charge in [0.2, 0.25) is 0 Å². The standard InChI is InChI=1S/C21H15F3N4O3S/c22-21(23,24)31-17-4-6-18(7-5-17)32(29,30)28-16-3-1-2-15(12-16)20-19(13-26-27-20)14-8-10-25-11-9-14/h1-13,28H,(H,26,27). The molecule has 2 aromatic heterocycles. The van der Waals surface area contributed by atoms with Gasteiger partial charge in [-0.2, -0.15) is 5.10 Å². The molecule has 11 heteroatoms. The van der Waals surface area contributed by atoms with E-state index in [-0.39, 0.29) is 10.6 Å². The van der Waals surface area contributed by atoms with Crippen molar-refractivity contribution >= 4 is 15.7 Å². The Morgan fingerprint density at radius 2 is 1.66 bits per heavy atom. The number of nitrogens with one attached hydrogen (secondary N) is 2. The molecule has 0 radical (unpaired) electrons. The normalized spacial score (nSPS) is 11.8. The number of hydrogen-bond acceptors (Lipinski definition) is 5. The number of pyridine rings is 1. The number of sulfonamides is 1. The monoisotopic (exact) mass is 460 g/mol. The zero-order valence-electron chi connectivity index (χ0n) is 16.2. The fraction of sp³-hybridized carbons (Fsp3) is 0.0476. The number of rotatable bonds is 6. The van der Waals surface area contributed by atoms with Crippen molar-refractivity contribution in [3.63, 3.8) is 0 Å². The van der Waals surface area contributed by atoms with Crippen molar-refractivity contribution in [2.24, 2.45) is 0 Å². The summed E-state index contributed by atoms with van der Waals surface area (Å²) >= 11 is 0. The first-order valence-electron chi connectivity index (χ1n) is 9.14. The van der Waals surface area contributed by atoms with Gasteiger partial charge < -0.3 is 4.74 Å². The lowest BCUT2D eigenvalue weighted by atomic mass is 10.0. The Kier molecular flexibility index (Phi) is 5.57. The molecule has 0 aliphatic heterocycles. The van der Waals surface area contributed by atoms with Crippen LogP contribution in [0.3, 0.4) is 0 Å². The fourth-order valence-electron chi connectivity index (χ4n) is 3.03. The lowest BCUT2D eigenvalue weighted by Gasteiger charge is -2.11. The molecule has 0 unspecified atom stereocenters. The van der Waals surface area contributed by atoms with Gasteiger partial charge in [-0.15, -0.1) is 13.2 Å². The number of ether oxygens (including phenoxy) is 1. The average Bonchev–Trinajstić information content (AvgIpc) is 3.23. The first kappa shape index (κ1) is 21.4. The molecule has 0 fully saturated rings. The van der Waals surface area contributed by atoms with Gasteiger partial charge in [0.1, 0.15) is 5.75 Å². The second kappa shape index (κ2) is 8.35. The van der Waals surface area contributed by atoms with Gasteiger partial charge >= 0.3 is 6.36 Å². The molecule has 4 aromatic rings. The second-order valence-electron chi connectivity index (χ2n) is 6.60. The molecule has 2 N–H and O–H groups in total. The molecule has 4 rings (SSSR count). The summed E-state index contributed by atoms with van der Waals surface area (Å²) in [5.74, 6) is -0.513. The molecule has 0 aliphatic rings. The van der Waals surface area contributed by atoms with Crippen LogP contribution in [0, 0.1) is 0 Å². The Labute approximate surface area is 181 Å². The van der Waals surface area contributed by atoms with Crippen molar-refractivity contribution in [2.45, 2.75) is 11.3 Å². The maximum atomic E-state index is 12.7. The number of H-pyrrole nitrogens is 1. The number of nitrogens with zero attached hydrogens (tertiary/aromatic N) is 2. The number of anilines is 1. The highest BCUT2D eigenvalue weighted by molar-refractivity contribution is 7.92. The summed E-state index contributed by atoms with van der Waals surface area (Å²) in [6, 6.07) is 14.2. The summed E-state index contributed by atoms with van der Waals surface area (Å²) in [6.45, 7) is 0. The zero-order chi connectivity index (χ0) is 22.8. The number of aromatic nitrogens is 3. The Morgan fingerprint density at radius 3 is 2.34 bits per heavy atom. The topological polar surface area (TPSA) is 97.0 Å². The van der Waals surface area contributed by atoms with E-state index in [2.05, 4.69) is 24.6 Å². The Balaban J connectivity index is 1.58. The lowest BCUT2D eigenvalue weighted by Crippen LogP contribution is -2.17. The van der Waals surface area contributed by atoms with E-state index in [0.717, 1.165) is 35.4 Å².